The zero-order valence-electron chi connectivity index (χ0n) is 18.4. The maximum Gasteiger partial charge on any atom is 0.414 e. The lowest BCUT2D eigenvalue weighted by atomic mass is 9.81. The molecule has 6 heteroatoms. The van der Waals surface area contributed by atoms with Crippen LogP contribution in [0, 0.1) is 5.92 Å². The van der Waals surface area contributed by atoms with E-state index in [1.54, 1.807) is 5.56 Å². The van der Waals surface area contributed by atoms with Gasteiger partial charge in [0.2, 0.25) is 0 Å². The van der Waals surface area contributed by atoms with Crippen LogP contribution < -0.4 is 0 Å². The van der Waals surface area contributed by atoms with Crippen molar-refractivity contribution in [3.05, 3.63) is 48.0 Å². The Morgan fingerprint density at radius 3 is 2.03 bits per heavy atom. The molecule has 4 rings (SSSR count). The highest BCUT2D eigenvalue weighted by atomic mass is 16.4. The van der Waals surface area contributed by atoms with Gasteiger partial charge in [0.1, 0.15) is 0 Å². The molecule has 6 nitrogen and oxygen atoms in total. The monoisotopic (exact) mass is 428 g/mol. The van der Waals surface area contributed by atoms with E-state index in [1.165, 1.54) is 77.7 Å². The predicted molar refractivity (Wildman–Crippen MR) is 121 cm³/mol. The van der Waals surface area contributed by atoms with Gasteiger partial charge in [0, 0.05) is 38.8 Å². The van der Waals surface area contributed by atoms with E-state index < -0.39 is 11.9 Å². The van der Waals surface area contributed by atoms with Gasteiger partial charge in [-0.15, -0.1) is 0 Å². The lowest BCUT2D eigenvalue weighted by Crippen LogP contribution is -2.51. The van der Waals surface area contributed by atoms with Gasteiger partial charge in [-0.1, -0.05) is 42.5 Å². The zero-order valence-corrected chi connectivity index (χ0v) is 18.4. The Morgan fingerprint density at radius 1 is 0.839 bits per heavy atom. The van der Waals surface area contributed by atoms with Crippen molar-refractivity contribution in [3.63, 3.8) is 0 Å². The Hall–Kier alpha value is -2.18. The highest BCUT2D eigenvalue weighted by Gasteiger charge is 2.29. The number of piperazine rings is 1. The summed E-state index contributed by atoms with van der Waals surface area (Å²) >= 11 is 0. The molecule has 0 bridgehead atoms. The molecule has 0 radical (unpaired) electrons. The number of benzene rings is 1. The minimum atomic E-state index is -1.82. The summed E-state index contributed by atoms with van der Waals surface area (Å²) in [6.07, 6.45) is 14.3. The summed E-state index contributed by atoms with van der Waals surface area (Å²) in [6, 6.07) is 12.0. The first-order valence-corrected chi connectivity index (χ1v) is 11.7. The first-order valence-electron chi connectivity index (χ1n) is 11.7. The van der Waals surface area contributed by atoms with E-state index in [0.717, 1.165) is 17.9 Å². The minimum absolute atomic E-state index is 0.804. The number of nitrogens with zero attached hydrogens (tertiary/aromatic N) is 2. The van der Waals surface area contributed by atoms with Gasteiger partial charge in [0.15, 0.2) is 0 Å². The first-order chi connectivity index (χ1) is 15.0. The van der Waals surface area contributed by atoms with Crippen LogP contribution in [0.3, 0.4) is 0 Å². The van der Waals surface area contributed by atoms with Gasteiger partial charge < -0.3 is 15.1 Å². The molecule has 31 heavy (non-hydrogen) atoms. The average molecular weight is 429 g/mol. The van der Waals surface area contributed by atoms with Gasteiger partial charge in [-0.25, -0.2) is 9.59 Å². The maximum absolute atomic E-state index is 9.10. The van der Waals surface area contributed by atoms with E-state index in [9.17, 15) is 0 Å². The van der Waals surface area contributed by atoms with Crippen LogP contribution in [-0.4, -0.2) is 70.7 Å². The number of carbonyl (C=O) groups is 2. The van der Waals surface area contributed by atoms with E-state index >= 15 is 0 Å². The van der Waals surface area contributed by atoms with Crippen LogP contribution in [0.25, 0.3) is 0 Å². The van der Waals surface area contributed by atoms with Crippen LogP contribution in [0.2, 0.25) is 0 Å². The average Bonchev–Trinajstić information content (AvgIpc) is 2.81. The van der Waals surface area contributed by atoms with Crippen molar-refractivity contribution in [1.82, 2.24) is 9.80 Å². The van der Waals surface area contributed by atoms with Crippen molar-refractivity contribution in [1.29, 1.82) is 0 Å². The van der Waals surface area contributed by atoms with E-state index in [0.29, 0.717) is 0 Å². The molecule has 1 aromatic rings. The van der Waals surface area contributed by atoms with Crippen LogP contribution >= 0.6 is 0 Å². The Bertz CT molecular complexity index is 708. The third-order valence-corrected chi connectivity index (χ3v) is 6.97. The Balaban J connectivity index is 0.000000401. The van der Waals surface area contributed by atoms with Crippen molar-refractivity contribution in [3.8, 4) is 0 Å². The summed E-state index contributed by atoms with van der Waals surface area (Å²) < 4.78 is 0. The fourth-order valence-corrected chi connectivity index (χ4v) is 5.20. The number of allylic oxidation sites excluding steroid dienone is 2. The van der Waals surface area contributed by atoms with Gasteiger partial charge in [0.25, 0.3) is 0 Å². The standard InChI is InChI=1S/C23H34N2.C2H2O4/c1-3-7-20(8-4-1)19-24-15-17-25(18-16-24)23-13-11-22(12-14-23)21-9-5-2-6-10-21;3-1(4)2(5)6/h1-3,5-6,9-10,20,22-23H,4,7-8,11-19H2;(H,3,4)(H,5,6). The van der Waals surface area contributed by atoms with E-state index in [4.69, 9.17) is 19.8 Å². The molecule has 1 aromatic carbocycles. The lowest BCUT2D eigenvalue weighted by molar-refractivity contribution is -0.159. The summed E-state index contributed by atoms with van der Waals surface area (Å²) in [5.41, 5.74) is 1.56. The Kier molecular flexibility index (Phi) is 9.10. The summed E-state index contributed by atoms with van der Waals surface area (Å²) in [6.45, 7) is 6.50. The summed E-state index contributed by atoms with van der Waals surface area (Å²) in [4.78, 5) is 23.7. The second-order valence-corrected chi connectivity index (χ2v) is 9.01. The topological polar surface area (TPSA) is 81.1 Å². The van der Waals surface area contributed by atoms with Gasteiger partial charge in [0.05, 0.1) is 0 Å². The van der Waals surface area contributed by atoms with Gasteiger partial charge >= 0.3 is 11.9 Å². The number of aliphatic carboxylic acids is 2. The molecule has 1 atom stereocenters. The molecule has 2 fully saturated rings. The third-order valence-electron chi connectivity index (χ3n) is 6.97. The number of rotatable bonds is 4. The Labute approximate surface area is 185 Å². The highest BCUT2D eigenvalue weighted by Crippen LogP contribution is 2.35. The van der Waals surface area contributed by atoms with Crippen molar-refractivity contribution < 1.29 is 19.8 Å². The number of carboxylic acids is 2. The molecular formula is C25H36N2O4. The van der Waals surface area contributed by atoms with E-state index in [1.807, 2.05) is 0 Å². The minimum Gasteiger partial charge on any atom is -0.473 e. The molecular weight excluding hydrogens is 392 g/mol. The number of hydrogen-bond donors (Lipinski definition) is 2. The van der Waals surface area contributed by atoms with E-state index in [-0.39, 0.29) is 0 Å². The second-order valence-electron chi connectivity index (χ2n) is 9.01. The van der Waals surface area contributed by atoms with Crippen molar-refractivity contribution in [2.24, 2.45) is 5.92 Å². The molecule has 2 N–H and O–H groups in total. The van der Waals surface area contributed by atoms with E-state index in [2.05, 4.69) is 52.3 Å². The maximum atomic E-state index is 9.10. The molecule has 1 unspecified atom stereocenters. The smallest absolute Gasteiger partial charge is 0.414 e. The van der Waals surface area contributed by atoms with Crippen molar-refractivity contribution in [2.45, 2.75) is 56.9 Å². The third kappa shape index (κ3) is 7.47. The SMILES string of the molecule is C1=CCC(CN2CCN(C3CCC(c4ccccc4)CC3)CC2)CC1.O=C(O)C(=O)O. The van der Waals surface area contributed by atoms with Crippen LogP contribution in [-0.2, 0) is 9.59 Å². The molecule has 3 aliphatic rings. The molecule has 2 aliphatic carbocycles. The molecule has 1 heterocycles. The molecule has 0 amide bonds. The quantitative estimate of drug-likeness (QED) is 0.560. The largest absolute Gasteiger partial charge is 0.473 e. The van der Waals surface area contributed by atoms with Gasteiger partial charge in [-0.2, -0.15) is 0 Å². The summed E-state index contributed by atoms with van der Waals surface area (Å²) in [5, 5.41) is 14.8. The van der Waals surface area contributed by atoms with Crippen LogP contribution in [0.15, 0.2) is 42.5 Å². The zero-order chi connectivity index (χ0) is 22.1. The van der Waals surface area contributed by atoms with Gasteiger partial charge in [-0.3, -0.25) is 4.90 Å². The van der Waals surface area contributed by atoms with Crippen LogP contribution in [0.1, 0.15) is 56.4 Å². The fourth-order valence-electron chi connectivity index (χ4n) is 5.20. The fraction of sp³-hybridized carbons (Fsp3) is 0.600. The molecule has 170 valence electrons. The first kappa shape index (κ1) is 23.5. The predicted octanol–water partition coefficient (Wildman–Crippen LogP) is 3.84. The second kappa shape index (κ2) is 12.0. The molecule has 0 spiro atoms. The molecule has 1 saturated carbocycles. The Morgan fingerprint density at radius 2 is 1.48 bits per heavy atom. The summed E-state index contributed by atoms with van der Waals surface area (Å²) in [5.74, 6) is -1.93. The number of hydrogen-bond acceptors (Lipinski definition) is 4. The lowest BCUT2D eigenvalue weighted by Gasteiger charge is -2.43. The number of carboxylic acid groups (broad SMARTS) is 2. The van der Waals surface area contributed by atoms with Gasteiger partial charge in [-0.05, 0) is 62.3 Å². The molecule has 1 aliphatic heterocycles. The highest BCUT2D eigenvalue weighted by molar-refractivity contribution is 6.27. The summed E-state index contributed by atoms with van der Waals surface area (Å²) in [7, 11) is 0. The normalized spacial score (nSPS) is 27.2. The molecule has 0 aromatic heterocycles. The molecule has 1 saturated heterocycles. The van der Waals surface area contributed by atoms with Crippen molar-refractivity contribution >= 4 is 11.9 Å². The van der Waals surface area contributed by atoms with Crippen LogP contribution in [0.4, 0.5) is 0 Å². The van der Waals surface area contributed by atoms with Crippen molar-refractivity contribution in [2.75, 3.05) is 32.7 Å². The van der Waals surface area contributed by atoms with Crippen LogP contribution in [0.5, 0.6) is 0 Å².